The van der Waals surface area contributed by atoms with Crippen LogP contribution in [0.5, 0.6) is 5.75 Å². The SMILES string of the molecule is O=C(CCCl)OCCc1ccc(O)cc1. The number of alkyl halides is 1. The summed E-state index contributed by atoms with van der Waals surface area (Å²) in [6.07, 6.45) is 0.894. The topological polar surface area (TPSA) is 46.5 Å². The van der Waals surface area contributed by atoms with E-state index in [0.29, 0.717) is 13.0 Å². The number of rotatable bonds is 5. The van der Waals surface area contributed by atoms with Crippen molar-refractivity contribution in [1.82, 2.24) is 0 Å². The lowest BCUT2D eigenvalue weighted by Crippen LogP contribution is -2.07. The van der Waals surface area contributed by atoms with Crippen molar-refractivity contribution in [1.29, 1.82) is 0 Å². The van der Waals surface area contributed by atoms with E-state index in [1.54, 1.807) is 24.3 Å². The standard InChI is InChI=1S/C11H13ClO3/c12-7-5-11(14)15-8-6-9-1-3-10(13)4-2-9/h1-4,13H,5-8H2. The van der Waals surface area contributed by atoms with E-state index >= 15 is 0 Å². The third-order valence-corrected chi connectivity index (χ3v) is 2.08. The van der Waals surface area contributed by atoms with Crippen LogP contribution in [0.4, 0.5) is 0 Å². The summed E-state index contributed by atoms with van der Waals surface area (Å²) in [7, 11) is 0. The predicted octanol–water partition coefficient (Wildman–Crippen LogP) is 2.11. The number of carbonyl (C=O) groups excluding carboxylic acids is 1. The number of hydrogen-bond acceptors (Lipinski definition) is 3. The zero-order chi connectivity index (χ0) is 11.1. The average molecular weight is 229 g/mol. The van der Waals surface area contributed by atoms with Gasteiger partial charge in [-0.25, -0.2) is 0 Å². The number of phenols is 1. The first-order valence-electron chi connectivity index (χ1n) is 4.72. The first-order valence-corrected chi connectivity index (χ1v) is 5.25. The molecule has 1 aromatic carbocycles. The molecule has 1 rings (SSSR count). The van der Waals surface area contributed by atoms with Crippen molar-refractivity contribution in [2.24, 2.45) is 0 Å². The third-order valence-electron chi connectivity index (χ3n) is 1.89. The third kappa shape index (κ3) is 4.70. The second kappa shape index (κ2) is 6.30. The van der Waals surface area contributed by atoms with Crippen LogP contribution >= 0.6 is 11.6 Å². The molecule has 3 nitrogen and oxygen atoms in total. The maximum absolute atomic E-state index is 10.9. The highest BCUT2D eigenvalue weighted by molar-refractivity contribution is 6.18. The molecule has 4 heteroatoms. The zero-order valence-corrected chi connectivity index (χ0v) is 9.04. The number of ether oxygens (including phenoxy) is 1. The molecule has 15 heavy (non-hydrogen) atoms. The summed E-state index contributed by atoms with van der Waals surface area (Å²) >= 11 is 5.38. The minimum absolute atomic E-state index is 0.234. The Labute approximate surface area is 93.6 Å². The van der Waals surface area contributed by atoms with Crippen LogP contribution in [0, 0.1) is 0 Å². The number of hydrogen-bond donors (Lipinski definition) is 1. The number of phenolic OH excluding ortho intramolecular Hbond substituents is 1. The molecule has 82 valence electrons. The summed E-state index contributed by atoms with van der Waals surface area (Å²) in [5.41, 5.74) is 1.02. The molecular weight excluding hydrogens is 216 g/mol. The summed E-state index contributed by atoms with van der Waals surface area (Å²) in [5.74, 6) is 0.250. The Kier molecular flexibility index (Phi) is 4.98. The zero-order valence-electron chi connectivity index (χ0n) is 8.28. The lowest BCUT2D eigenvalue weighted by molar-refractivity contribution is -0.143. The predicted molar refractivity (Wildman–Crippen MR) is 58.1 cm³/mol. The Hall–Kier alpha value is -1.22. The lowest BCUT2D eigenvalue weighted by Gasteiger charge is -2.03. The van der Waals surface area contributed by atoms with Gasteiger partial charge >= 0.3 is 5.97 Å². The number of carbonyl (C=O) groups is 1. The summed E-state index contributed by atoms with van der Waals surface area (Å²) in [5, 5.41) is 9.04. The Morgan fingerprint density at radius 2 is 2.00 bits per heavy atom. The molecule has 0 bridgehead atoms. The van der Waals surface area contributed by atoms with Gasteiger partial charge in [-0.1, -0.05) is 12.1 Å². The second-order valence-corrected chi connectivity index (χ2v) is 3.45. The molecule has 1 aromatic rings. The number of esters is 1. The Morgan fingerprint density at radius 1 is 1.33 bits per heavy atom. The highest BCUT2D eigenvalue weighted by Gasteiger charge is 2.01. The minimum atomic E-state index is -0.274. The maximum Gasteiger partial charge on any atom is 0.307 e. The minimum Gasteiger partial charge on any atom is -0.508 e. The van der Waals surface area contributed by atoms with Gasteiger partial charge in [0.2, 0.25) is 0 Å². The fourth-order valence-corrected chi connectivity index (χ4v) is 1.25. The van der Waals surface area contributed by atoms with Crippen LogP contribution in [0.15, 0.2) is 24.3 Å². The van der Waals surface area contributed by atoms with Crippen LogP contribution in [0.1, 0.15) is 12.0 Å². The number of benzene rings is 1. The van der Waals surface area contributed by atoms with Crippen molar-refractivity contribution in [2.75, 3.05) is 12.5 Å². The van der Waals surface area contributed by atoms with Gasteiger partial charge in [0.05, 0.1) is 13.0 Å². The maximum atomic E-state index is 10.9. The molecule has 0 heterocycles. The molecule has 0 fully saturated rings. The van der Waals surface area contributed by atoms with Gasteiger partial charge < -0.3 is 9.84 Å². The summed E-state index contributed by atoms with van der Waals surface area (Å²) in [6.45, 7) is 0.348. The Bertz CT molecular complexity index is 308. The van der Waals surface area contributed by atoms with Gasteiger partial charge in [0.25, 0.3) is 0 Å². The van der Waals surface area contributed by atoms with Gasteiger partial charge in [-0.3, -0.25) is 4.79 Å². The Morgan fingerprint density at radius 3 is 2.60 bits per heavy atom. The van der Waals surface area contributed by atoms with Gasteiger partial charge in [0.15, 0.2) is 0 Å². The smallest absolute Gasteiger partial charge is 0.307 e. The van der Waals surface area contributed by atoms with Crippen molar-refractivity contribution < 1.29 is 14.6 Å². The second-order valence-electron chi connectivity index (χ2n) is 3.08. The molecule has 0 unspecified atom stereocenters. The van der Waals surface area contributed by atoms with Crippen LogP contribution in [0.2, 0.25) is 0 Å². The fourth-order valence-electron chi connectivity index (χ4n) is 1.09. The van der Waals surface area contributed by atoms with E-state index < -0.39 is 0 Å². The molecule has 0 atom stereocenters. The summed E-state index contributed by atoms with van der Waals surface area (Å²) in [6, 6.07) is 6.81. The molecule has 0 saturated carbocycles. The molecule has 0 aliphatic heterocycles. The van der Waals surface area contributed by atoms with Gasteiger partial charge in [-0.05, 0) is 17.7 Å². The molecule has 1 N–H and O–H groups in total. The van der Waals surface area contributed by atoms with Gasteiger partial charge in [-0.2, -0.15) is 0 Å². The molecule has 0 aliphatic rings. The Balaban J connectivity index is 2.26. The molecular formula is C11H13ClO3. The van der Waals surface area contributed by atoms with Crippen LogP contribution < -0.4 is 0 Å². The fraction of sp³-hybridized carbons (Fsp3) is 0.364. The van der Waals surface area contributed by atoms with E-state index in [1.165, 1.54) is 0 Å². The van der Waals surface area contributed by atoms with Crippen LogP contribution in [0.3, 0.4) is 0 Å². The van der Waals surface area contributed by atoms with Gasteiger partial charge in [-0.15, -0.1) is 11.6 Å². The highest BCUT2D eigenvalue weighted by Crippen LogP contribution is 2.10. The molecule has 0 aromatic heterocycles. The molecule has 0 aliphatic carbocycles. The van der Waals surface area contributed by atoms with Crippen molar-refractivity contribution in [3.63, 3.8) is 0 Å². The van der Waals surface area contributed by atoms with E-state index in [2.05, 4.69) is 0 Å². The van der Waals surface area contributed by atoms with E-state index in [0.717, 1.165) is 5.56 Å². The molecule has 0 radical (unpaired) electrons. The van der Waals surface area contributed by atoms with Crippen molar-refractivity contribution >= 4 is 17.6 Å². The van der Waals surface area contributed by atoms with Gasteiger partial charge in [0.1, 0.15) is 5.75 Å². The van der Waals surface area contributed by atoms with Crippen molar-refractivity contribution in [3.8, 4) is 5.75 Å². The average Bonchev–Trinajstić information content (AvgIpc) is 2.21. The summed E-state index contributed by atoms with van der Waals surface area (Å²) in [4.78, 5) is 10.9. The lowest BCUT2D eigenvalue weighted by atomic mass is 10.1. The van der Waals surface area contributed by atoms with Crippen LogP contribution in [0.25, 0.3) is 0 Å². The summed E-state index contributed by atoms with van der Waals surface area (Å²) < 4.78 is 4.93. The first-order chi connectivity index (χ1) is 7.22. The van der Waals surface area contributed by atoms with Crippen LogP contribution in [-0.2, 0) is 16.0 Å². The molecule has 0 saturated heterocycles. The van der Waals surface area contributed by atoms with E-state index in [4.69, 9.17) is 21.4 Å². The quantitative estimate of drug-likeness (QED) is 0.620. The van der Waals surface area contributed by atoms with Crippen molar-refractivity contribution in [3.05, 3.63) is 29.8 Å². The normalized spacial score (nSPS) is 9.93. The van der Waals surface area contributed by atoms with E-state index in [9.17, 15) is 4.79 Å². The first kappa shape index (κ1) is 11.9. The number of aromatic hydroxyl groups is 1. The molecule has 0 spiro atoms. The highest BCUT2D eigenvalue weighted by atomic mass is 35.5. The largest absolute Gasteiger partial charge is 0.508 e. The van der Waals surface area contributed by atoms with Gasteiger partial charge in [0, 0.05) is 12.3 Å². The molecule has 0 amide bonds. The van der Waals surface area contributed by atoms with Crippen LogP contribution in [-0.4, -0.2) is 23.6 Å². The van der Waals surface area contributed by atoms with Crippen molar-refractivity contribution in [2.45, 2.75) is 12.8 Å². The van der Waals surface area contributed by atoms with E-state index in [1.807, 2.05) is 0 Å². The number of halogens is 1. The van der Waals surface area contributed by atoms with E-state index in [-0.39, 0.29) is 24.0 Å². The monoisotopic (exact) mass is 228 g/mol.